The Kier molecular flexibility index (Phi) is 3.97. The molecule has 0 radical (unpaired) electrons. The van der Waals surface area contributed by atoms with Gasteiger partial charge in [0.25, 0.3) is 0 Å². The van der Waals surface area contributed by atoms with Crippen molar-refractivity contribution in [2.75, 3.05) is 19.6 Å². The molecule has 0 bridgehead atoms. The molecule has 1 aromatic rings. The third kappa shape index (κ3) is 3.07. The molecule has 0 amide bonds. The van der Waals surface area contributed by atoms with Crippen LogP contribution < -0.4 is 0 Å². The zero-order chi connectivity index (χ0) is 13.0. The van der Waals surface area contributed by atoms with E-state index < -0.39 is 11.4 Å². The van der Waals surface area contributed by atoms with Gasteiger partial charge in [0.05, 0.1) is 5.41 Å². The highest BCUT2D eigenvalue weighted by molar-refractivity contribution is 5.74. The number of pyridine rings is 1. The van der Waals surface area contributed by atoms with Crippen molar-refractivity contribution in [1.82, 2.24) is 9.88 Å². The lowest BCUT2D eigenvalue weighted by Crippen LogP contribution is -2.43. The Morgan fingerprint density at radius 1 is 1.44 bits per heavy atom. The van der Waals surface area contributed by atoms with Gasteiger partial charge in [-0.1, -0.05) is 6.07 Å². The zero-order valence-corrected chi connectivity index (χ0v) is 10.8. The minimum Gasteiger partial charge on any atom is -0.481 e. The Morgan fingerprint density at radius 3 is 2.72 bits per heavy atom. The van der Waals surface area contributed by atoms with Gasteiger partial charge in [0.15, 0.2) is 0 Å². The SMILES string of the molecule is CC1(C(=O)O)CCN(CCc2ccccn2)CC1. The highest BCUT2D eigenvalue weighted by Gasteiger charge is 2.36. The maximum absolute atomic E-state index is 11.1. The van der Waals surface area contributed by atoms with E-state index in [1.54, 1.807) is 0 Å². The van der Waals surface area contributed by atoms with Crippen molar-refractivity contribution in [3.63, 3.8) is 0 Å². The Morgan fingerprint density at radius 2 is 2.17 bits per heavy atom. The van der Waals surface area contributed by atoms with Gasteiger partial charge < -0.3 is 10.0 Å². The van der Waals surface area contributed by atoms with Gasteiger partial charge in [0, 0.05) is 24.9 Å². The summed E-state index contributed by atoms with van der Waals surface area (Å²) in [4.78, 5) is 17.8. The summed E-state index contributed by atoms with van der Waals surface area (Å²) >= 11 is 0. The normalized spacial score (nSPS) is 19.6. The summed E-state index contributed by atoms with van der Waals surface area (Å²) in [6, 6.07) is 5.95. The second kappa shape index (κ2) is 5.48. The Labute approximate surface area is 108 Å². The maximum Gasteiger partial charge on any atom is 0.309 e. The second-order valence-electron chi connectivity index (χ2n) is 5.28. The molecule has 18 heavy (non-hydrogen) atoms. The molecule has 2 rings (SSSR count). The maximum atomic E-state index is 11.1. The van der Waals surface area contributed by atoms with Crippen LogP contribution >= 0.6 is 0 Å². The lowest BCUT2D eigenvalue weighted by Gasteiger charge is -2.36. The largest absolute Gasteiger partial charge is 0.481 e. The van der Waals surface area contributed by atoms with Crippen molar-refractivity contribution in [2.45, 2.75) is 26.2 Å². The van der Waals surface area contributed by atoms with Crippen molar-refractivity contribution < 1.29 is 9.90 Å². The molecule has 0 unspecified atom stereocenters. The van der Waals surface area contributed by atoms with Crippen LogP contribution in [0.5, 0.6) is 0 Å². The Bertz CT molecular complexity index is 398. The van der Waals surface area contributed by atoms with Gasteiger partial charge in [-0.25, -0.2) is 0 Å². The average Bonchev–Trinajstić information content (AvgIpc) is 2.39. The molecule has 0 saturated carbocycles. The summed E-state index contributed by atoms with van der Waals surface area (Å²) in [5.41, 5.74) is 0.575. The molecule has 1 aliphatic rings. The highest BCUT2D eigenvalue weighted by atomic mass is 16.4. The molecule has 4 nitrogen and oxygen atoms in total. The molecule has 1 saturated heterocycles. The molecular formula is C14H20N2O2. The van der Waals surface area contributed by atoms with E-state index in [0.29, 0.717) is 0 Å². The number of piperidine rings is 1. The molecular weight excluding hydrogens is 228 g/mol. The summed E-state index contributed by atoms with van der Waals surface area (Å²) < 4.78 is 0. The van der Waals surface area contributed by atoms with Crippen LogP contribution in [-0.4, -0.2) is 40.6 Å². The van der Waals surface area contributed by atoms with Gasteiger partial charge in [-0.15, -0.1) is 0 Å². The summed E-state index contributed by atoms with van der Waals surface area (Å²) in [5, 5.41) is 9.16. The first-order valence-electron chi connectivity index (χ1n) is 6.46. The molecule has 1 aromatic heterocycles. The summed E-state index contributed by atoms with van der Waals surface area (Å²) in [6.45, 7) is 4.56. The van der Waals surface area contributed by atoms with Crippen molar-refractivity contribution in [3.8, 4) is 0 Å². The Balaban J connectivity index is 1.79. The first-order chi connectivity index (χ1) is 8.60. The first-order valence-corrected chi connectivity index (χ1v) is 6.46. The van der Waals surface area contributed by atoms with Gasteiger partial charge in [-0.3, -0.25) is 9.78 Å². The van der Waals surface area contributed by atoms with Gasteiger partial charge in [-0.05, 0) is 45.0 Å². The lowest BCUT2D eigenvalue weighted by molar-refractivity contribution is -0.150. The van der Waals surface area contributed by atoms with Crippen LogP contribution in [0.25, 0.3) is 0 Å². The molecule has 2 heterocycles. The monoisotopic (exact) mass is 248 g/mol. The number of likely N-dealkylation sites (tertiary alicyclic amines) is 1. The van der Waals surface area contributed by atoms with Crippen LogP contribution in [0.2, 0.25) is 0 Å². The molecule has 4 heteroatoms. The van der Waals surface area contributed by atoms with E-state index in [-0.39, 0.29) is 0 Å². The topological polar surface area (TPSA) is 53.4 Å². The van der Waals surface area contributed by atoms with Gasteiger partial charge in [0.1, 0.15) is 0 Å². The van der Waals surface area contributed by atoms with E-state index in [1.165, 1.54) is 0 Å². The quantitative estimate of drug-likeness (QED) is 0.883. The molecule has 0 aromatic carbocycles. The standard InChI is InChI=1S/C14H20N2O2/c1-14(13(17)18)6-10-16(11-7-14)9-5-12-4-2-3-8-15-12/h2-4,8H,5-7,9-11H2,1H3,(H,17,18). The zero-order valence-electron chi connectivity index (χ0n) is 10.8. The third-order valence-corrected chi connectivity index (χ3v) is 3.89. The van der Waals surface area contributed by atoms with Crippen LogP contribution in [0.3, 0.4) is 0 Å². The number of nitrogens with zero attached hydrogens (tertiary/aromatic N) is 2. The van der Waals surface area contributed by atoms with Crippen molar-refractivity contribution in [1.29, 1.82) is 0 Å². The minimum atomic E-state index is -0.660. The van der Waals surface area contributed by atoms with Crippen LogP contribution in [0, 0.1) is 5.41 Å². The summed E-state index contributed by atoms with van der Waals surface area (Å²) in [5.74, 6) is -0.660. The fourth-order valence-corrected chi connectivity index (χ4v) is 2.30. The molecule has 1 aliphatic heterocycles. The van der Waals surface area contributed by atoms with E-state index in [0.717, 1.165) is 44.6 Å². The van der Waals surface area contributed by atoms with E-state index in [2.05, 4.69) is 9.88 Å². The van der Waals surface area contributed by atoms with E-state index >= 15 is 0 Å². The predicted molar refractivity (Wildman–Crippen MR) is 69.4 cm³/mol. The third-order valence-electron chi connectivity index (χ3n) is 3.89. The van der Waals surface area contributed by atoms with Crippen LogP contribution in [0.15, 0.2) is 24.4 Å². The number of carboxylic acids is 1. The number of rotatable bonds is 4. The fourth-order valence-electron chi connectivity index (χ4n) is 2.30. The van der Waals surface area contributed by atoms with Crippen molar-refractivity contribution >= 4 is 5.97 Å². The molecule has 98 valence electrons. The summed E-state index contributed by atoms with van der Waals surface area (Å²) in [6.07, 6.45) is 4.23. The van der Waals surface area contributed by atoms with Crippen LogP contribution in [0.1, 0.15) is 25.5 Å². The number of carboxylic acid groups (broad SMARTS) is 1. The number of hydrogen-bond donors (Lipinski definition) is 1. The summed E-state index contributed by atoms with van der Waals surface area (Å²) in [7, 11) is 0. The predicted octanol–water partition coefficient (Wildman–Crippen LogP) is 1.81. The van der Waals surface area contributed by atoms with Crippen molar-refractivity contribution in [3.05, 3.63) is 30.1 Å². The number of aromatic nitrogens is 1. The second-order valence-corrected chi connectivity index (χ2v) is 5.28. The van der Waals surface area contributed by atoms with E-state index in [1.807, 2.05) is 31.3 Å². The minimum absolute atomic E-state index is 0.526. The van der Waals surface area contributed by atoms with Gasteiger partial charge in [-0.2, -0.15) is 0 Å². The molecule has 0 aliphatic carbocycles. The smallest absolute Gasteiger partial charge is 0.309 e. The number of aliphatic carboxylic acids is 1. The molecule has 1 N–H and O–H groups in total. The molecule has 1 fully saturated rings. The van der Waals surface area contributed by atoms with Gasteiger partial charge in [0.2, 0.25) is 0 Å². The molecule has 0 spiro atoms. The molecule has 0 atom stereocenters. The van der Waals surface area contributed by atoms with Gasteiger partial charge >= 0.3 is 5.97 Å². The average molecular weight is 248 g/mol. The number of carbonyl (C=O) groups is 1. The van der Waals surface area contributed by atoms with E-state index in [4.69, 9.17) is 5.11 Å². The lowest BCUT2D eigenvalue weighted by atomic mass is 9.80. The van der Waals surface area contributed by atoms with Crippen LogP contribution in [-0.2, 0) is 11.2 Å². The highest BCUT2D eigenvalue weighted by Crippen LogP contribution is 2.30. The van der Waals surface area contributed by atoms with E-state index in [9.17, 15) is 4.79 Å². The number of hydrogen-bond acceptors (Lipinski definition) is 3. The first kappa shape index (κ1) is 13.0. The Hall–Kier alpha value is -1.42. The van der Waals surface area contributed by atoms with Crippen molar-refractivity contribution in [2.24, 2.45) is 5.41 Å². The fraction of sp³-hybridized carbons (Fsp3) is 0.571. The van der Waals surface area contributed by atoms with Crippen LogP contribution in [0.4, 0.5) is 0 Å².